The van der Waals surface area contributed by atoms with Crippen LogP contribution in [0.1, 0.15) is 412 Å². The Balaban J connectivity index is 4.29. The van der Waals surface area contributed by atoms with E-state index in [9.17, 15) is 14.4 Å². The van der Waals surface area contributed by atoms with Crippen LogP contribution >= 0.6 is 0 Å². The molecule has 0 aliphatic heterocycles. The zero-order valence-corrected chi connectivity index (χ0v) is 55.5. The predicted molar refractivity (Wildman–Crippen MR) is 358 cm³/mol. The van der Waals surface area contributed by atoms with Gasteiger partial charge in [-0.3, -0.25) is 14.4 Å². The van der Waals surface area contributed by atoms with Crippen molar-refractivity contribution in [1.82, 2.24) is 0 Å². The Bertz CT molecular complexity index is 1370. The van der Waals surface area contributed by atoms with E-state index in [1.807, 2.05) is 0 Å². The number of rotatable bonds is 69. The van der Waals surface area contributed by atoms with Crippen LogP contribution in [0.25, 0.3) is 0 Å². The number of hydrogen-bond donors (Lipinski definition) is 0. The average Bonchev–Trinajstić information content (AvgIpc) is 3.47. The molecular weight excluding hydrogens is 1010 g/mol. The van der Waals surface area contributed by atoms with Gasteiger partial charge in [0.15, 0.2) is 6.10 Å². The van der Waals surface area contributed by atoms with Gasteiger partial charge in [-0.1, -0.05) is 353 Å². The molecular formula is C76H142O6. The van der Waals surface area contributed by atoms with Crippen molar-refractivity contribution < 1.29 is 28.6 Å². The van der Waals surface area contributed by atoms with Gasteiger partial charge in [0.05, 0.1) is 0 Å². The molecule has 0 N–H and O–H groups in total. The molecule has 482 valence electrons. The maximum atomic E-state index is 13.0. The normalized spacial score (nSPS) is 12.2. The highest BCUT2D eigenvalue weighted by Gasteiger charge is 2.19. The van der Waals surface area contributed by atoms with Crippen molar-refractivity contribution in [2.45, 2.75) is 419 Å². The Morgan fingerprint density at radius 2 is 0.439 bits per heavy atom. The standard InChI is InChI=1S/C76H142O6/c1-4-7-10-13-16-19-22-25-28-31-34-36-37-38-39-41-42-45-48-51-54-57-60-63-66-69-75(78)81-72-73(71-80-74(77)68-65-62-59-56-53-50-47-44-33-30-27-24-21-18-15-12-9-6-3)82-76(79)70-67-64-61-58-55-52-49-46-43-40-35-32-29-26-23-20-17-14-11-8-5-2/h21,24,30-31,33-34,73H,4-20,22-23,25-29,32,35-72H2,1-3H3/b24-21-,33-30-,34-31-. The first-order valence-electron chi connectivity index (χ1n) is 37.0. The van der Waals surface area contributed by atoms with Crippen LogP contribution in [0.4, 0.5) is 0 Å². The molecule has 0 aliphatic carbocycles. The zero-order valence-electron chi connectivity index (χ0n) is 55.5. The third kappa shape index (κ3) is 68.4. The van der Waals surface area contributed by atoms with E-state index in [2.05, 4.69) is 57.2 Å². The van der Waals surface area contributed by atoms with Crippen LogP contribution in [0.5, 0.6) is 0 Å². The first-order valence-corrected chi connectivity index (χ1v) is 37.0. The van der Waals surface area contributed by atoms with Crippen LogP contribution in [0.3, 0.4) is 0 Å². The third-order valence-corrected chi connectivity index (χ3v) is 16.9. The molecule has 0 saturated heterocycles. The van der Waals surface area contributed by atoms with Crippen LogP contribution in [0.15, 0.2) is 36.5 Å². The topological polar surface area (TPSA) is 78.9 Å². The van der Waals surface area contributed by atoms with Crippen molar-refractivity contribution >= 4 is 17.9 Å². The lowest BCUT2D eigenvalue weighted by Crippen LogP contribution is -2.30. The van der Waals surface area contributed by atoms with Crippen molar-refractivity contribution in [3.63, 3.8) is 0 Å². The zero-order chi connectivity index (χ0) is 59.2. The lowest BCUT2D eigenvalue weighted by atomic mass is 10.0. The molecule has 1 atom stereocenters. The molecule has 6 heteroatoms. The molecule has 0 aromatic rings. The molecule has 0 fully saturated rings. The third-order valence-electron chi connectivity index (χ3n) is 16.9. The first kappa shape index (κ1) is 79.6. The van der Waals surface area contributed by atoms with Crippen molar-refractivity contribution in [3.8, 4) is 0 Å². The van der Waals surface area contributed by atoms with Gasteiger partial charge in [0.25, 0.3) is 0 Å². The molecule has 0 saturated carbocycles. The Morgan fingerprint density at radius 1 is 0.244 bits per heavy atom. The van der Waals surface area contributed by atoms with Crippen LogP contribution in [-0.4, -0.2) is 37.2 Å². The molecule has 0 spiro atoms. The molecule has 6 nitrogen and oxygen atoms in total. The van der Waals surface area contributed by atoms with Crippen LogP contribution in [0, 0.1) is 0 Å². The number of unbranched alkanes of at least 4 members (excludes halogenated alkanes) is 52. The van der Waals surface area contributed by atoms with Gasteiger partial charge < -0.3 is 14.2 Å². The lowest BCUT2D eigenvalue weighted by molar-refractivity contribution is -0.167. The molecule has 0 aromatic carbocycles. The van der Waals surface area contributed by atoms with Gasteiger partial charge in [0.2, 0.25) is 0 Å². The highest BCUT2D eigenvalue weighted by molar-refractivity contribution is 5.71. The van der Waals surface area contributed by atoms with Crippen LogP contribution in [-0.2, 0) is 28.6 Å². The smallest absolute Gasteiger partial charge is 0.306 e. The van der Waals surface area contributed by atoms with E-state index in [0.717, 1.165) is 70.6 Å². The Hall–Kier alpha value is -2.37. The predicted octanol–water partition coefficient (Wildman–Crippen LogP) is 25.5. The molecule has 0 bridgehead atoms. The summed E-state index contributed by atoms with van der Waals surface area (Å²) in [4.78, 5) is 38.5. The maximum Gasteiger partial charge on any atom is 0.306 e. The minimum atomic E-state index is -0.775. The van der Waals surface area contributed by atoms with E-state index >= 15 is 0 Å². The largest absolute Gasteiger partial charge is 0.462 e. The summed E-state index contributed by atoms with van der Waals surface area (Å²) in [7, 11) is 0. The highest BCUT2D eigenvalue weighted by atomic mass is 16.6. The van der Waals surface area contributed by atoms with Gasteiger partial charge in [-0.25, -0.2) is 0 Å². The van der Waals surface area contributed by atoms with E-state index in [1.165, 1.54) is 302 Å². The molecule has 0 heterocycles. The monoisotopic (exact) mass is 1150 g/mol. The van der Waals surface area contributed by atoms with E-state index in [0.29, 0.717) is 19.3 Å². The van der Waals surface area contributed by atoms with Gasteiger partial charge >= 0.3 is 17.9 Å². The molecule has 82 heavy (non-hydrogen) atoms. The van der Waals surface area contributed by atoms with Crippen molar-refractivity contribution in [2.75, 3.05) is 13.2 Å². The Kier molecular flexibility index (Phi) is 69.1. The van der Waals surface area contributed by atoms with Crippen molar-refractivity contribution in [3.05, 3.63) is 36.5 Å². The van der Waals surface area contributed by atoms with Gasteiger partial charge in [-0.15, -0.1) is 0 Å². The summed E-state index contributed by atoms with van der Waals surface area (Å²) >= 11 is 0. The fraction of sp³-hybridized carbons (Fsp3) is 0.882. The number of ether oxygens (including phenoxy) is 3. The van der Waals surface area contributed by atoms with E-state index < -0.39 is 6.10 Å². The second-order valence-electron chi connectivity index (χ2n) is 25.2. The summed E-state index contributed by atoms with van der Waals surface area (Å²) in [6.07, 6.45) is 88.9. The maximum absolute atomic E-state index is 13.0. The summed E-state index contributed by atoms with van der Waals surface area (Å²) in [5, 5.41) is 0. The minimum Gasteiger partial charge on any atom is -0.462 e. The highest BCUT2D eigenvalue weighted by Crippen LogP contribution is 2.19. The second kappa shape index (κ2) is 71.1. The van der Waals surface area contributed by atoms with Crippen molar-refractivity contribution in [2.24, 2.45) is 0 Å². The molecule has 0 rings (SSSR count). The fourth-order valence-corrected chi connectivity index (χ4v) is 11.3. The van der Waals surface area contributed by atoms with Gasteiger partial charge in [-0.05, 0) is 77.0 Å². The summed E-state index contributed by atoms with van der Waals surface area (Å²) < 4.78 is 17.0. The number of carbonyl (C=O) groups is 3. The van der Waals surface area contributed by atoms with E-state index in [-0.39, 0.29) is 31.1 Å². The number of esters is 3. The minimum absolute atomic E-state index is 0.0695. The number of allylic oxidation sites excluding steroid dienone is 6. The summed E-state index contributed by atoms with van der Waals surface area (Å²) in [5.41, 5.74) is 0. The van der Waals surface area contributed by atoms with Crippen LogP contribution in [0.2, 0.25) is 0 Å². The van der Waals surface area contributed by atoms with Gasteiger partial charge in [0, 0.05) is 19.3 Å². The first-order chi connectivity index (χ1) is 40.5. The molecule has 0 aliphatic rings. The summed E-state index contributed by atoms with van der Waals surface area (Å²) in [6, 6.07) is 0. The second-order valence-corrected chi connectivity index (χ2v) is 25.2. The fourth-order valence-electron chi connectivity index (χ4n) is 11.3. The lowest BCUT2D eigenvalue weighted by Gasteiger charge is -2.18. The SMILES string of the molecule is CCCCCC/C=C\C/C=C\CCCCCCCCCC(=O)OCC(COC(=O)CCCCCCCCCCCCCCC/C=C\CCCCCCCCCC)OC(=O)CCCCCCCCCCCCCCCCCCCCCCC. The summed E-state index contributed by atoms with van der Waals surface area (Å²) in [6.45, 7) is 6.70. The molecule has 0 radical (unpaired) electrons. The summed E-state index contributed by atoms with van der Waals surface area (Å²) in [5.74, 6) is -0.845. The number of hydrogen-bond acceptors (Lipinski definition) is 6. The molecule has 1 unspecified atom stereocenters. The number of carbonyl (C=O) groups excluding carboxylic acids is 3. The quantitative estimate of drug-likeness (QED) is 0.0261. The Morgan fingerprint density at radius 3 is 0.695 bits per heavy atom. The average molecular weight is 1150 g/mol. The van der Waals surface area contributed by atoms with E-state index in [4.69, 9.17) is 14.2 Å². The van der Waals surface area contributed by atoms with Gasteiger partial charge in [0.1, 0.15) is 13.2 Å². The molecule has 0 amide bonds. The van der Waals surface area contributed by atoms with Gasteiger partial charge in [-0.2, -0.15) is 0 Å². The van der Waals surface area contributed by atoms with E-state index in [1.54, 1.807) is 0 Å². The van der Waals surface area contributed by atoms with Crippen LogP contribution < -0.4 is 0 Å². The van der Waals surface area contributed by atoms with Crippen molar-refractivity contribution in [1.29, 1.82) is 0 Å². The molecule has 0 aromatic heterocycles. The Labute approximate surface area is 512 Å².